The van der Waals surface area contributed by atoms with Crippen LogP contribution in [0.5, 0.6) is 0 Å². The number of carbonyl (C=O) groups is 2. The number of hydrogen-bond donors (Lipinski definition) is 3. The minimum atomic E-state index is -4.63. The molecule has 150 valence electrons. The highest BCUT2D eigenvalue weighted by Gasteiger charge is 2.31. The second-order valence-corrected chi connectivity index (χ2v) is 7.41. The molecule has 0 aliphatic carbocycles. The monoisotopic (exact) mass is 415 g/mol. The molecule has 7 nitrogen and oxygen atoms in total. The highest BCUT2D eigenvalue weighted by atomic mass is 32.2. The lowest BCUT2D eigenvalue weighted by Gasteiger charge is -2.15. The number of nitrogens with one attached hydrogen (secondary N) is 2. The van der Waals surface area contributed by atoms with Gasteiger partial charge in [0.15, 0.2) is 0 Å². The molecule has 11 heteroatoms. The van der Waals surface area contributed by atoms with Crippen molar-refractivity contribution in [3.8, 4) is 0 Å². The normalized spacial score (nSPS) is 11.8. The maximum atomic E-state index is 12.9. The predicted octanol–water partition coefficient (Wildman–Crippen LogP) is 2.49. The number of rotatable bonds is 5. The lowest BCUT2D eigenvalue weighted by Crippen LogP contribution is -2.18. The second kappa shape index (κ2) is 7.98. The van der Waals surface area contributed by atoms with Gasteiger partial charge in [0.2, 0.25) is 21.8 Å². The third kappa shape index (κ3) is 5.79. The standard InChI is InChI=1S/C17H16F3N3O4S/c1-10(24)22-14-7-4-12(17(18,19)20)9-15(14)23-16(25)8-11-2-5-13(6-3-11)28(21,26)27/h2-7,9H,8H2,1H3,(H,22,24)(H,23,25)(H2,21,26,27). The molecule has 0 fully saturated rings. The van der Waals surface area contributed by atoms with Gasteiger partial charge in [-0.1, -0.05) is 12.1 Å². The number of halogens is 3. The van der Waals surface area contributed by atoms with Crippen molar-refractivity contribution >= 4 is 33.2 Å². The summed E-state index contributed by atoms with van der Waals surface area (Å²) < 4.78 is 61.2. The van der Waals surface area contributed by atoms with Crippen LogP contribution in [0.15, 0.2) is 47.4 Å². The maximum absolute atomic E-state index is 12.9. The van der Waals surface area contributed by atoms with Crippen LogP contribution in [0, 0.1) is 0 Å². The number of hydrogen-bond acceptors (Lipinski definition) is 4. The Morgan fingerprint density at radius 3 is 2.11 bits per heavy atom. The first-order chi connectivity index (χ1) is 12.9. The van der Waals surface area contributed by atoms with Gasteiger partial charge in [-0.25, -0.2) is 13.6 Å². The summed E-state index contributed by atoms with van der Waals surface area (Å²) in [6.07, 6.45) is -4.86. The smallest absolute Gasteiger partial charge is 0.325 e. The van der Waals surface area contributed by atoms with Crippen molar-refractivity contribution in [2.45, 2.75) is 24.4 Å². The summed E-state index contributed by atoms with van der Waals surface area (Å²) in [5.74, 6) is -1.18. The first kappa shape index (κ1) is 21.4. The Kier molecular flexibility index (Phi) is 6.10. The highest BCUT2D eigenvalue weighted by molar-refractivity contribution is 7.89. The minimum Gasteiger partial charge on any atom is -0.325 e. The van der Waals surface area contributed by atoms with Gasteiger partial charge in [-0.3, -0.25) is 9.59 Å². The van der Waals surface area contributed by atoms with Gasteiger partial charge in [-0.2, -0.15) is 13.2 Å². The molecule has 0 aliphatic rings. The number of alkyl halides is 3. The Morgan fingerprint density at radius 2 is 1.61 bits per heavy atom. The van der Waals surface area contributed by atoms with Gasteiger partial charge in [0.05, 0.1) is 28.3 Å². The molecule has 2 aromatic rings. The molecule has 0 aromatic heterocycles. The van der Waals surface area contributed by atoms with Crippen LogP contribution in [0.25, 0.3) is 0 Å². The fourth-order valence-corrected chi connectivity index (χ4v) is 2.81. The van der Waals surface area contributed by atoms with E-state index in [1.54, 1.807) is 0 Å². The molecule has 2 amide bonds. The lowest BCUT2D eigenvalue weighted by atomic mass is 10.1. The van der Waals surface area contributed by atoms with E-state index in [0.717, 1.165) is 12.1 Å². The number of benzene rings is 2. The zero-order chi connectivity index (χ0) is 21.1. The van der Waals surface area contributed by atoms with E-state index in [4.69, 9.17) is 5.14 Å². The fourth-order valence-electron chi connectivity index (χ4n) is 2.30. The van der Waals surface area contributed by atoms with Gasteiger partial charge in [-0.15, -0.1) is 0 Å². The zero-order valence-corrected chi connectivity index (χ0v) is 15.3. The third-order valence-corrected chi connectivity index (χ3v) is 4.48. The van der Waals surface area contributed by atoms with Crippen LogP contribution in [0.1, 0.15) is 18.1 Å². The van der Waals surface area contributed by atoms with Gasteiger partial charge in [-0.05, 0) is 35.9 Å². The molecule has 0 saturated heterocycles. The Labute approximate surface area is 158 Å². The number of nitrogens with two attached hydrogens (primary N) is 1. The average molecular weight is 415 g/mol. The molecule has 0 atom stereocenters. The van der Waals surface area contributed by atoms with E-state index in [0.29, 0.717) is 11.6 Å². The Bertz CT molecular complexity index is 1000. The summed E-state index contributed by atoms with van der Waals surface area (Å²) in [5, 5.41) is 9.65. The molecule has 28 heavy (non-hydrogen) atoms. The molecule has 0 heterocycles. The molecular formula is C17H16F3N3O4S. The molecule has 2 aromatic carbocycles. The Balaban J connectivity index is 2.22. The van der Waals surface area contributed by atoms with Crippen LogP contribution in [-0.4, -0.2) is 20.2 Å². The van der Waals surface area contributed by atoms with E-state index in [1.165, 1.54) is 31.2 Å². The topological polar surface area (TPSA) is 118 Å². The summed E-state index contributed by atoms with van der Waals surface area (Å²) >= 11 is 0. The number of anilines is 2. The fraction of sp³-hybridized carbons (Fsp3) is 0.176. The number of primary sulfonamides is 1. The first-order valence-corrected chi connectivity index (χ1v) is 9.31. The maximum Gasteiger partial charge on any atom is 0.416 e. The minimum absolute atomic E-state index is 0.0124. The van der Waals surface area contributed by atoms with E-state index in [1.807, 2.05) is 0 Å². The van der Waals surface area contributed by atoms with Crippen molar-refractivity contribution in [3.63, 3.8) is 0 Å². The van der Waals surface area contributed by atoms with Crippen LogP contribution >= 0.6 is 0 Å². The van der Waals surface area contributed by atoms with Crippen LogP contribution < -0.4 is 15.8 Å². The lowest BCUT2D eigenvalue weighted by molar-refractivity contribution is -0.137. The van der Waals surface area contributed by atoms with E-state index in [-0.39, 0.29) is 22.7 Å². The SMILES string of the molecule is CC(=O)Nc1ccc(C(F)(F)F)cc1NC(=O)Cc1ccc(S(N)(=O)=O)cc1. The van der Waals surface area contributed by atoms with E-state index in [9.17, 15) is 31.2 Å². The molecule has 2 rings (SSSR count). The molecule has 0 aliphatic heterocycles. The van der Waals surface area contributed by atoms with Crippen molar-refractivity contribution in [3.05, 3.63) is 53.6 Å². The predicted molar refractivity (Wildman–Crippen MR) is 95.9 cm³/mol. The zero-order valence-electron chi connectivity index (χ0n) is 14.5. The van der Waals surface area contributed by atoms with Crippen LogP contribution in [-0.2, 0) is 32.2 Å². The number of sulfonamides is 1. The molecule has 0 spiro atoms. The largest absolute Gasteiger partial charge is 0.416 e. The molecule has 0 saturated carbocycles. The highest BCUT2D eigenvalue weighted by Crippen LogP contribution is 2.34. The summed E-state index contributed by atoms with van der Waals surface area (Å²) in [6, 6.07) is 7.69. The van der Waals surface area contributed by atoms with Gasteiger partial charge in [0.25, 0.3) is 0 Å². The van der Waals surface area contributed by atoms with Crippen molar-refractivity contribution in [1.82, 2.24) is 0 Å². The van der Waals surface area contributed by atoms with Crippen LogP contribution in [0.3, 0.4) is 0 Å². The van der Waals surface area contributed by atoms with E-state index in [2.05, 4.69) is 10.6 Å². The van der Waals surface area contributed by atoms with Crippen molar-refractivity contribution < 1.29 is 31.2 Å². The summed E-state index contributed by atoms with van der Waals surface area (Å²) in [5.41, 5.74) is -0.776. The Morgan fingerprint density at radius 1 is 1.00 bits per heavy atom. The number of carbonyl (C=O) groups excluding carboxylic acids is 2. The molecule has 0 radical (unpaired) electrons. The van der Waals surface area contributed by atoms with Crippen molar-refractivity contribution in [2.75, 3.05) is 10.6 Å². The molecule has 0 unspecified atom stereocenters. The van der Waals surface area contributed by atoms with E-state index >= 15 is 0 Å². The van der Waals surface area contributed by atoms with Gasteiger partial charge >= 0.3 is 6.18 Å². The third-order valence-electron chi connectivity index (χ3n) is 3.55. The first-order valence-electron chi connectivity index (χ1n) is 7.76. The molecule has 4 N–H and O–H groups in total. The quantitative estimate of drug-likeness (QED) is 0.695. The van der Waals surface area contributed by atoms with Crippen LogP contribution in [0.2, 0.25) is 0 Å². The molecule has 0 bridgehead atoms. The van der Waals surface area contributed by atoms with Gasteiger partial charge in [0.1, 0.15) is 0 Å². The number of amides is 2. The average Bonchev–Trinajstić information content (AvgIpc) is 2.54. The second-order valence-electron chi connectivity index (χ2n) is 5.85. The van der Waals surface area contributed by atoms with Gasteiger partial charge < -0.3 is 10.6 Å². The van der Waals surface area contributed by atoms with Gasteiger partial charge in [0, 0.05) is 6.92 Å². The molecular weight excluding hydrogens is 399 g/mol. The summed E-state index contributed by atoms with van der Waals surface area (Å²) in [4.78, 5) is 23.3. The Hall–Kier alpha value is -2.92. The van der Waals surface area contributed by atoms with Crippen molar-refractivity contribution in [2.24, 2.45) is 5.14 Å². The summed E-state index contributed by atoms with van der Waals surface area (Å²) in [6.45, 7) is 1.18. The summed E-state index contributed by atoms with van der Waals surface area (Å²) in [7, 11) is -3.88. The van der Waals surface area contributed by atoms with E-state index < -0.39 is 33.6 Å². The van der Waals surface area contributed by atoms with Crippen molar-refractivity contribution in [1.29, 1.82) is 0 Å². The van der Waals surface area contributed by atoms with Crippen LogP contribution in [0.4, 0.5) is 24.5 Å².